The summed E-state index contributed by atoms with van der Waals surface area (Å²) in [5.74, 6) is 0.444. The van der Waals surface area contributed by atoms with Gasteiger partial charge in [-0.15, -0.1) is 11.3 Å². The average molecular weight is 479 g/mol. The standard InChI is InChI=1S/C25H22N2O4S2/c1-3-31-20(28)14-32-25-26-23-21(24(29)27(25)16-9-11-17(30-2)12-10-16)19-13-8-15-6-4-5-7-18(15)22(19)33-23/h4-7,9-12H,3,8,13-14H2,1-2H3. The Labute approximate surface area is 199 Å². The van der Waals surface area contributed by atoms with Gasteiger partial charge in [-0.2, -0.15) is 0 Å². The Kier molecular flexibility index (Phi) is 5.95. The first kappa shape index (κ1) is 21.7. The number of esters is 1. The van der Waals surface area contributed by atoms with E-state index >= 15 is 0 Å². The molecule has 2 heterocycles. The van der Waals surface area contributed by atoms with Gasteiger partial charge in [0.25, 0.3) is 5.56 Å². The largest absolute Gasteiger partial charge is 0.497 e. The summed E-state index contributed by atoms with van der Waals surface area (Å²) in [6.07, 6.45) is 1.71. The molecule has 4 aromatic rings. The van der Waals surface area contributed by atoms with E-state index in [1.54, 1.807) is 29.9 Å². The minimum absolute atomic E-state index is 0.0792. The Balaban J connectivity index is 1.70. The summed E-state index contributed by atoms with van der Waals surface area (Å²) >= 11 is 2.76. The molecule has 0 amide bonds. The van der Waals surface area contributed by atoms with Gasteiger partial charge in [0, 0.05) is 4.88 Å². The van der Waals surface area contributed by atoms with Gasteiger partial charge in [-0.3, -0.25) is 14.2 Å². The summed E-state index contributed by atoms with van der Waals surface area (Å²) in [7, 11) is 1.60. The van der Waals surface area contributed by atoms with E-state index in [4.69, 9.17) is 14.5 Å². The quantitative estimate of drug-likeness (QED) is 0.224. The first-order chi connectivity index (χ1) is 16.1. The van der Waals surface area contributed by atoms with E-state index in [9.17, 15) is 9.59 Å². The predicted molar refractivity (Wildman–Crippen MR) is 132 cm³/mol. The lowest BCUT2D eigenvalue weighted by Crippen LogP contribution is -2.23. The molecule has 33 heavy (non-hydrogen) atoms. The van der Waals surface area contributed by atoms with Crippen LogP contribution < -0.4 is 10.3 Å². The number of aromatic nitrogens is 2. The average Bonchev–Trinajstić information content (AvgIpc) is 3.22. The Hall–Kier alpha value is -3.10. The molecule has 6 nitrogen and oxygen atoms in total. The number of thioether (sulfide) groups is 1. The zero-order valence-corrected chi connectivity index (χ0v) is 19.9. The van der Waals surface area contributed by atoms with Crippen LogP contribution in [0, 0.1) is 0 Å². The van der Waals surface area contributed by atoms with Gasteiger partial charge in [-0.1, -0.05) is 36.0 Å². The Bertz CT molecular complexity index is 1410. The molecular weight excluding hydrogens is 456 g/mol. The molecule has 0 aliphatic heterocycles. The van der Waals surface area contributed by atoms with Crippen molar-refractivity contribution in [3.05, 3.63) is 70.0 Å². The number of methoxy groups -OCH3 is 1. The molecular formula is C25H22N2O4S2. The highest BCUT2D eigenvalue weighted by molar-refractivity contribution is 7.99. The normalized spacial score (nSPS) is 12.3. The van der Waals surface area contributed by atoms with Crippen LogP contribution in [0.3, 0.4) is 0 Å². The lowest BCUT2D eigenvalue weighted by Gasteiger charge is -2.16. The molecule has 0 fully saturated rings. The van der Waals surface area contributed by atoms with E-state index in [1.807, 2.05) is 30.3 Å². The SMILES string of the molecule is CCOC(=O)CSc1nc2sc3c(c2c(=O)n1-c1ccc(OC)cc1)CCc1ccccc1-3. The molecule has 2 aromatic carbocycles. The molecule has 1 aliphatic rings. The molecule has 0 atom stereocenters. The van der Waals surface area contributed by atoms with Gasteiger partial charge in [-0.25, -0.2) is 4.98 Å². The Morgan fingerprint density at radius 1 is 1.15 bits per heavy atom. The van der Waals surface area contributed by atoms with Crippen molar-refractivity contribution in [2.45, 2.75) is 24.9 Å². The number of thiophene rings is 1. The number of aryl methyl sites for hydroxylation is 2. The van der Waals surface area contributed by atoms with Crippen molar-refractivity contribution in [3.63, 3.8) is 0 Å². The van der Waals surface area contributed by atoms with Crippen molar-refractivity contribution in [3.8, 4) is 21.9 Å². The number of benzene rings is 2. The summed E-state index contributed by atoms with van der Waals surface area (Å²) in [6.45, 7) is 2.09. The lowest BCUT2D eigenvalue weighted by molar-refractivity contribution is -0.139. The molecule has 8 heteroatoms. The second-order valence-corrected chi connectivity index (χ2v) is 9.52. The number of rotatable bonds is 6. The van der Waals surface area contributed by atoms with Crippen LogP contribution in [-0.2, 0) is 22.4 Å². The number of fused-ring (bicyclic) bond motifs is 5. The van der Waals surface area contributed by atoms with Gasteiger partial charge in [0.2, 0.25) is 0 Å². The minimum Gasteiger partial charge on any atom is -0.497 e. The summed E-state index contributed by atoms with van der Waals surface area (Å²) in [4.78, 5) is 32.6. The van der Waals surface area contributed by atoms with Crippen LogP contribution in [0.25, 0.3) is 26.3 Å². The molecule has 0 spiro atoms. The number of carbonyl (C=O) groups is 1. The van der Waals surface area contributed by atoms with Crippen LogP contribution in [-0.4, -0.2) is 35.0 Å². The summed E-state index contributed by atoms with van der Waals surface area (Å²) in [5.41, 5.74) is 4.10. The van der Waals surface area contributed by atoms with Crippen molar-refractivity contribution in [1.29, 1.82) is 0 Å². The Morgan fingerprint density at radius 3 is 2.70 bits per heavy atom. The van der Waals surface area contributed by atoms with Crippen LogP contribution in [0.2, 0.25) is 0 Å². The maximum atomic E-state index is 13.9. The topological polar surface area (TPSA) is 70.4 Å². The fourth-order valence-corrected chi connectivity index (χ4v) is 6.28. The van der Waals surface area contributed by atoms with Crippen molar-refractivity contribution >= 4 is 39.3 Å². The first-order valence-corrected chi connectivity index (χ1v) is 12.5. The molecule has 0 bridgehead atoms. The fourth-order valence-electron chi connectivity index (χ4n) is 4.14. The number of hydrogen-bond acceptors (Lipinski definition) is 7. The van der Waals surface area contributed by atoms with Gasteiger partial charge >= 0.3 is 5.97 Å². The highest BCUT2D eigenvalue weighted by Gasteiger charge is 2.26. The van der Waals surface area contributed by atoms with E-state index < -0.39 is 0 Å². The van der Waals surface area contributed by atoms with Crippen LogP contribution in [0.15, 0.2) is 58.5 Å². The van der Waals surface area contributed by atoms with Crippen LogP contribution in [0.1, 0.15) is 18.1 Å². The van der Waals surface area contributed by atoms with Crippen molar-refractivity contribution in [1.82, 2.24) is 9.55 Å². The van der Waals surface area contributed by atoms with Crippen LogP contribution >= 0.6 is 23.1 Å². The summed E-state index contributed by atoms with van der Waals surface area (Å²) in [5, 5.41) is 1.14. The second-order valence-electron chi connectivity index (χ2n) is 7.57. The molecule has 0 saturated carbocycles. The molecule has 168 valence electrons. The van der Waals surface area contributed by atoms with E-state index in [0.717, 1.165) is 23.3 Å². The summed E-state index contributed by atoms with van der Waals surface area (Å²) < 4.78 is 11.9. The molecule has 0 saturated heterocycles. The Morgan fingerprint density at radius 2 is 1.94 bits per heavy atom. The fraction of sp³-hybridized carbons (Fsp3) is 0.240. The van der Waals surface area contributed by atoms with Gasteiger partial charge in [0.15, 0.2) is 5.16 Å². The number of ether oxygens (including phenoxy) is 2. The van der Waals surface area contributed by atoms with Crippen molar-refractivity contribution in [2.75, 3.05) is 19.5 Å². The maximum absolute atomic E-state index is 13.9. The molecule has 0 radical (unpaired) electrons. The van der Waals surface area contributed by atoms with Crippen LogP contribution in [0.4, 0.5) is 0 Å². The number of carbonyl (C=O) groups excluding carboxylic acids is 1. The lowest BCUT2D eigenvalue weighted by atomic mass is 9.90. The minimum atomic E-state index is -0.336. The second kappa shape index (κ2) is 9.03. The third kappa shape index (κ3) is 3.94. The zero-order valence-electron chi connectivity index (χ0n) is 18.3. The first-order valence-electron chi connectivity index (χ1n) is 10.7. The van der Waals surface area contributed by atoms with E-state index in [-0.39, 0.29) is 17.3 Å². The van der Waals surface area contributed by atoms with E-state index in [1.165, 1.54) is 22.9 Å². The van der Waals surface area contributed by atoms with Gasteiger partial charge in [0.05, 0.1) is 30.5 Å². The van der Waals surface area contributed by atoms with Crippen molar-refractivity contribution < 1.29 is 14.3 Å². The number of hydrogen-bond donors (Lipinski definition) is 0. The van der Waals surface area contributed by atoms with Gasteiger partial charge in [-0.05, 0) is 60.7 Å². The molecule has 0 unspecified atom stereocenters. The van der Waals surface area contributed by atoms with E-state index in [2.05, 4.69) is 18.2 Å². The molecule has 2 aromatic heterocycles. The van der Waals surface area contributed by atoms with E-state index in [0.29, 0.717) is 33.4 Å². The predicted octanol–water partition coefficient (Wildman–Crippen LogP) is 4.88. The number of nitrogens with zero attached hydrogens (tertiary/aromatic N) is 2. The third-order valence-corrected chi connectivity index (χ3v) is 7.73. The molecule has 1 aliphatic carbocycles. The van der Waals surface area contributed by atoms with Gasteiger partial charge in [0.1, 0.15) is 10.6 Å². The maximum Gasteiger partial charge on any atom is 0.316 e. The highest BCUT2D eigenvalue weighted by atomic mass is 32.2. The van der Waals surface area contributed by atoms with Crippen LogP contribution in [0.5, 0.6) is 5.75 Å². The smallest absolute Gasteiger partial charge is 0.316 e. The monoisotopic (exact) mass is 478 g/mol. The molecule has 5 rings (SSSR count). The third-order valence-electron chi connectivity index (χ3n) is 5.66. The molecule has 0 N–H and O–H groups in total. The van der Waals surface area contributed by atoms with Crippen molar-refractivity contribution in [2.24, 2.45) is 0 Å². The zero-order chi connectivity index (χ0) is 22.9. The highest BCUT2D eigenvalue weighted by Crippen LogP contribution is 2.42. The summed E-state index contributed by atoms with van der Waals surface area (Å²) in [6, 6.07) is 15.6. The van der Waals surface area contributed by atoms with Gasteiger partial charge < -0.3 is 9.47 Å².